The van der Waals surface area contributed by atoms with Gasteiger partial charge in [0.25, 0.3) is 0 Å². The van der Waals surface area contributed by atoms with E-state index in [1.807, 2.05) is 17.5 Å². The number of nitrogens with zero attached hydrogens (tertiary/aromatic N) is 1. The molecule has 0 bridgehead atoms. The van der Waals surface area contributed by atoms with Crippen molar-refractivity contribution < 1.29 is 17.6 Å². The van der Waals surface area contributed by atoms with E-state index in [2.05, 4.69) is 15.0 Å². The molecule has 0 saturated carbocycles. The first-order valence-electron chi connectivity index (χ1n) is 7.92. The van der Waals surface area contributed by atoms with Gasteiger partial charge in [0.1, 0.15) is 6.26 Å². The lowest BCUT2D eigenvalue weighted by atomic mass is 10.0. The van der Waals surface area contributed by atoms with Crippen LogP contribution in [0.25, 0.3) is 10.8 Å². The zero-order valence-electron chi connectivity index (χ0n) is 13.6. The summed E-state index contributed by atoms with van der Waals surface area (Å²) >= 11 is 1.50. The van der Waals surface area contributed by atoms with Gasteiger partial charge in [0.15, 0.2) is 0 Å². The third-order valence-corrected chi connectivity index (χ3v) is 6.27. The summed E-state index contributed by atoms with van der Waals surface area (Å²) in [5.41, 5.74) is 1.98. The van der Waals surface area contributed by atoms with Crippen LogP contribution in [0.2, 0.25) is 0 Å². The molecule has 9 heteroatoms. The van der Waals surface area contributed by atoms with Crippen LogP contribution in [0.15, 0.2) is 51.3 Å². The fraction of sp³-hybridized carbons (Fsp3) is 0.176. The summed E-state index contributed by atoms with van der Waals surface area (Å²) in [6.07, 6.45) is 2.33. The van der Waals surface area contributed by atoms with Crippen LogP contribution >= 0.6 is 11.3 Å². The molecule has 1 amide bonds. The molecule has 2 N–H and O–H groups in total. The van der Waals surface area contributed by atoms with Gasteiger partial charge >= 0.3 is 0 Å². The Bertz CT molecular complexity index is 1060. The Morgan fingerprint density at radius 2 is 2.15 bits per heavy atom. The highest BCUT2D eigenvalue weighted by molar-refractivity contribution is 7.89. The topological polar surface area (TPSA) is 101 Å². The molecule has 3 heterocycles. The number of fused-ring (bicyclic) bond motifs is 1. The summed E-state index contributed by atoms with van der Waals surface area (Å²) in [5, 5.41) is 4.65. The fourth-order valence-corrected chi connectivity index (χ4v) is 4.39. The highest BCUT2D eigenvalue weighted by atomic mass is 32.2. The molecule has 0 radical (unpaired) electrons. The van der Waals surface area contributed by atoms with E-state index in [1.165, 1.54) is 23.7 Å². The smallest absolute Gasteiger partial charge is 0.240 e. The molecule has 3 aromatic rings. The first-order valence-corrected chi connectivity index (χ1v) is 10.3. The average molecular weight is 389 g/mol. The number of hydrogen-bond acceptors (Lipinski definition) is 6. The standard InChI is InChI=1S/C17H15N3O4S2/c21-16-6-3-11-8-13(4-5-14(11)20-16)26(22,23)18-9-12-10-24-17(19-12)15-2-1-7-25-15/h1-2,4-5,7-8,10,18H,3,6,9H2,(H,20,21). The third kappa shape index (κ3) is 3.41. The molecule has 0 saturated heterocycles. The van der Waals surface area contributed by atoms with Crippen LogP contribution < -0.4 is 10.0 Å². The molecule has 1 aliphatic heterocycles. The van der Waals surface area contributed by atoms with Crippen molar-refractivity contribution in [2.24, 2.45) is 0 Å². The zero-order chi connectivity index (χ0) is 18.1. The van der Waals surface area contributed by atoms with Crippen molar-refractivity contribution in [3.8, 4) is 10.8 Å². The predicted molar refractivity (Wildman–Crippen MR) is 97.2 cm³/mol. The van der Waals surface area contributed by atoms with Crippen LogP contribution in [0.1, 0.15) is 17.7 Å². The van der Waals surface area contributed by atoms with Crippen LogP contribution in [0.5, 0.6) is 0 Å². The van der Waals surface area contributed by atoms with E-state index in [0.29, 0.717) is 30.1 Å². The minimum Gasteiger partial charge on any atom is -0.444 e. The van der Waals surface area contributed by atoms with Gasteiger partial charge in [-0.3, -0.25) is 4.79 Å². The van der Waals surface area contributed by atoms with Crippen molar-refractivity contribution in [2.75, 3.05) is 5.32 Å². The Hall–Kier alpha value is -2.49. The number of hydrogen-bond donors (Lipinski definition) is 2. The highest BCUT2D eigenvalue weighted by Gasteiger charge is 2.20. The first kappa shape index (κ1) is 17.0. The molecule has 4 rings (SSSR count). The summed E-state index contributed by atoms with van der Waals surface area (Å²) in [7, 11) is -3.69. The fourth-order valence-electron chi connectivity index (χ4n) is 2.68. The van der Waals surface area contributed by atoms with Gasteiger partial charge in [0, 0.05) is 12.1 Å². The average Bonchev–Trinajstić information content (AvgIpc) is 3.31. The number of anilines is 1. The summed E-state index contributed by atoms with van der Waals surface area (Å²) in [4.78, 5) is 16.7. The van der Waals surface area contributed by atoms with E-state index in [4.69, 9.17) is 4.42 Å². The molecule has 0 unspecified atom stereocenters. The van der Waals surface area contributed by atoms with Crippen molar-refractivity contribution in [3.05, 3.63) is 53.2 Å². The number of carbonyl (C=O) groups is 1. The second-order valence-corrected chi connectivity index (χ2v) is 8.53. The Morgan fingerprint density at radius 1 is 1.27 bits per heavy atom. The summed E-state index contributed by atoms with van der Waals surface area (Å²) in [6, 6.07) is 8.47. The van der Waals surface area contributed by atoms with Gasteiger partial charge < -0.3 is 9.73 Å². The number of nitrogens with one attached hydrogen (secondary N) is 2. The van der Waals surface area contributed by atoms with Crippen molar-refractivity contribution >= 4 is 33.0 Å². The van der Waals surface area contributed by atoms with Gasteiger partial charge in [-0.15, -0.1) is 11.3 Å². The van der Waals surface area contributed by atoms with Crippen LogP contribution in [-0.2, 0) is 27.8 Å². The lowest BCUT2D eigenvalue weighted by Gasteiger charge is -2.17. The number of aryl methyl sites for hydroxylation is 1. The van der Waals surface area contributed by atoms with Gasteiger partial charge in [-0.05, 0) is 41.6 Å². The van der Waals surface area contributed by atoms with Gasteiger partial charge in [-0.25, -0.2) is 18.1 Å². The largest absolute Gasteiger partial charge is 0.444 e. The minimum absolute atomic E-state index is 0.0328. The summed E-state index contributed by atoms with van der Waals surface area (Å²) < 4.78 is 33.0. The highest BCUT2D eigenvalue weighted by Crippen LogP contribution is 2.26. The molecule has 1 aromatic carbocycles. The zero-order valence-corrected chi connectivity index (χ0v) is 15.2. The molecular weight excluding hydrogens is 374 g/mol. The maximum atomic E-state index is 12.5. The minimum atomic E-state index is -3.69. The second kappa shape index (κ2) is 6.67. The number of rotatable bonds is 5. The van der Waals surface area contributed by atoms with Crippen LogP contribution in [0.3, 0.4) is 0 Å². The quantitative estimate of drug-likeness (QED) is 0.699. The number of amides is 1. The number of benzene rings is 1. The van der Waals surface area contributed by atoms with Crippen LogP contribution in [0.4, 0.5) is 5.69 Å². The lowest BCUT2D eigenvalue weighted by molar-refractivity contribution is -0.116. The van der Waals surface area contributed by atoms with Gasteiger partial charge in [0.2, 0.25) is 21.8 Å². The molecule has 0 fully saturated rings. The van der Waals surface area contributed by atoms with Gasteiger partial charge in [-0.1, -0.05) is 6.07 Å². The monoisotopic (exact) mass is 389 g/mol. The van der Waals surface area contributed by atoms with E-state index in [9.17, 15) is 13.2 Å². The van der Waals surface area contributed by atoms with Gasteiger partial charge in [-0.2, -0.15) is 0 Å². The number of carbonyl (C=O) groups excluding carboxylic acids is 1. The van der Waals surface area contributed by atoms with E-state index in [1.54, 1.807) is 12.1 Å². The Morgan fingerprint density at radius 3 is 2.96 bits per heavy atom. The molecule has 7 nitrogen and oxygen atoms in total. The maximum Gasteiger partial charge on any atom is 0.240 e. The Balaban J connectivity index is 1.48. The molecule has 0 atom stereocenters. The Labute approximate surface area is 154 Å². The molecule has 2 aromatic heterocycles. The second-order valence-electron chi connectivity index (χ2n) is 5.81. The number of oxazole rings is 1. The maximum absolute atomic E-state index is 12.5. The van der Waals surface area contributed by atoms with Crippen molar-refractivity contribution in [1.29, 1.82) is 0 Å². The molecule has 134 valence electrons. The lowest BCUT2D eigenvalue weighted by Crippen LogP contribution is -2.24. The van der Waals surface area contributed by atoms with Gasteiger partial charge in [0.05, 0.1) is 22.0 Å². The molecule has 26 heavy (non-hydrogen) atoms. The SMILES string of the molecule is O=C1CCc2cc(S(=O)(=O)NCc3coc(-c4cccs4)n3)ccc2N1. The van der Waals surface area contributed by atoms with Crippen LogP contribution in [-0.4, -0.2) is 19.3 Å². The molecule has 0 aliphatic carbocycles. The third-order valence-electron chi connectivity index (χ3n) is 4.01. The van der Waals surface area contributed by atoms with Crippen molar-refractivity contribution in [2.45, 2.75) is 24.3 Å². The number of aromatic nitrogens is 1. The Kier molecular flexibility index (Phi) is 4.35. The van der Waals surface area contributed by atoms with E-state index in [0.717, 1.165) is 10.4 Å². The molecule has 0 spiro atoms. The molecular formula is C17H15N3O4S2. The predicted octanol–water partition coefficient (Wildman–Crippen LogP) is 2.77. The van der Waals surface area contributed by atoms with Crippen molar-refractivity contribution in [1.82, 2.24) is 9.71 Å². The summed E-state index contributed by atoms with van der Waals surface area (Å²) in [5.74, 6) is 0.414. The summed E-state index contributed by atoms with van der Waals surface area (Å²) in [6.45, 7) is 0.0328. The number of thiophene rings is 1. The normalized spacial score (nSPS) is 14.1. The van der Waals surface area contributed by atoms with Crippen molar-refractivity contribution in [3.63, 3.8) is 0 Å². The van der Waals surface area contributed by atoms with E-state index < -0.39 is 10.0 Å². The van der Waals surface area contributed by atoms with Crippen LogP contribution in [0, 0.1) is 0 Å². The molecule has 1 aliphatic rings. The van der Waals surface area contributed by atoms with E-state index in [-0.39, 0.29) is 17.3 Å². The number of sulfonamides is 1. The van der Waals surface area contributed by atoms with E-state index >= 15 is 0 Å². The first-order chi connectivity index (χ1) is 12.5.